The van der Waals surface area contributed by atoms with Crippen molar-refractivity contribution >= 4 is 25.6 Å². The molecule has 2 aromatic carbocycles. The van der Waals surface area contributed by atoms with Gasteiger partial charge >= 0.3 is 6.11 Å². The highest BCUT2D eigenvalue weighted by Gasteiger charge is 2.47. The summed E-state index contributed by atoms with van der Waals surface area (Å²) in [5.41, 5.74) is -1.93. The minimum Gasteiger partial charge on any atom is -0.431 e. The highest BCUT2D eigenvalue weighted by molar-refractivity contribution is 7.91. The molecule has 2 aliphatic rings. The number of benzene rings is 2. The molecule has 15 heteroatoms. The summed E-state index contributed by atoms with van der Waals surface area (Å²) in [6.45, 7) is 0. The van der Waals surface area contributed by atoms with Gasteiger partial charge in [0.05, 0.1) is 29.1 Å². The van der Waals surface area contributed by atoms with Crippen molar-refractivity contribution in [1.82, 2.24) is 10.6 Å². The van der Waals surface area contributed by atoms with Gasteiger partial charge in [0.25, 0.3) is 0 Å². The van der Waals surface area contributed by atoms with E-state index >= 15 is 8.78 Å². The third-order valence-corrected chi connectivity index (χ3v) is 10.6. The van der Waals surface area contributed by atoms with Crippen molar-refractivity contribution in [1.29, 1.82) is 5.26 Å². The predicted octanol–water partition coefficient (Wildman–Crippen LogP) is 3.05. The zero-order chi connectivity index (χ0) is 30.8. The van der Waals surface area contributed by atoms with Gasteiger partial charge in [-0.05, 0) is 73.6 Å². The number of halogens is 4. The summed E-state index contributed by atoms with van der Waals surface area (Å²) >= 11 is 0. The summed E-state index contributed by atoms with van der Waals surface area (Å²) in [6.07, 6.45) is -3.41. The Hall–Kier alpha value is -3.22. The number of rotatable bonds is 12. The number of sulfone groups is 2. The van der Waals surface area contributed by atoms with Crippen molar-refractivity contribution < 1.29 is 43.9 Å². The quantitative estimate of drug-likeness (QED) is 0.341. The fraction of sp³-hybridized carbons (Fsp3) is 0.481. The van der Waals surface area contributed by atoms with Crippen LogP contribution in [0.15, 0.2) is 48.5 Å². The Labute approximate surface area is 241 Å². The van der Waals surface area contributed by atoms with E-state index in [0.29, 0.717) is 12.8 Å². The fourth-order valence-electron chi connectivity index (χ4n) is 4.60. The summed E-state index contributed by atoms with van der Waals surface area (Å²) in [6, 6.07) is 5.28. The largest absolute Gasteiger partial charge is 0.431 e. The second-order valence-electron chi connectivity index (χ2n) is 10.7. The summed E-state index contributed by atoms with van der Waals surface area (Å²) in [5.74, 6) is -5.12. The van der Waals surface area contributed by atoms with E-state index in [2.05, 4.69) is 10.6 Å². The molecule has 0 spiro atoms. The average molecular weight is 632 g/mol. The second-order valence-corrected chi connectivity index (χ2v) is 15.1. The van der Waals surface area contributed by atoms with Crippen molar-refractivity contribution in [3.63, 3.8) is 0 Å². The van der Waals surface area contributed by atoms with Gasteiger partial charge in [0.2, 0.25) is 5.91 Å². The molecule has 2 atom stereocenters. The van der Waals surface area contributed by atoms with Gasteiger partial charge in [-0.25, -0.2) is 25.6 Å². The topological polar surface area (TPSA) is 142 Å². The maximum absolute atomic E-state index is 15.8. The monoisotopic (exact) mass is 631 g/mol. The third-order valence-electron chi connectivity index (χ3n) is 7.15. The van der Waals surface area contributed by atoms with E-state index in [9.17, 15) is 35.7 Å². The molecule has 228 valence electrons. The van der Waals surface area contributed by atoms with Crippen molar-refractivity contribution in [2.45, 2.75) is 49.4 Å². The molecule has 1 amide bonds. The SMILES string of the molecule is N#CC1(NC(=O)C(CS(=O)(=O)CC2CC2)N[C@H](c2ccc(F)cc2)C(F)(F)Oc2ccc(F)cc2)CCS(=O)(=O)CC1. The zero-order valence-electron chi connectivity index (χ0n) is 22.2. The van der Waals surface area contributed by atoms with Gasteiger partial charge in [-0.2, -0.15) is 14.0 Å². The number of nitrogens with zero attached hydrogens (tertiary/aromatic N) is 1. The van der Waals surface area contributed by atoms with Crippen LogP contribution in [0.2, 0.25) is 0 Å². The predicted molar refractivity (Wildman–Crippen MR) is 144 cm³/mol. The Morgan fingerprint density at radius 1 is 1.05 bits per heavy atom. The molecule has 0 aromatic heterocycles. The normalized spacial score (nSPS) is 19.7. The smallest absolute Gasteiger partial charge is 0.417 e. The van der Waals surface area contributed by atoms with Crippen LogP contribution in [0.5, 0.6) is 5.75 Å². The molecular formula is C27H29F4N3O6S2. The van der Waals surface area contributed by atoms with E-state index < -0.39 is 84.0 Å². The first-order valence-electron chi connectivity index (χ1n) is 13.1. The van der Waals surface area contributed by atoms with Gasteiger partial charge in [-0.3, -0.25) is 10.1 Å². The lowest BCUT2D eigenvalue weighted by molar-refractivity contribution is -0.202. The number of hydrogen-bond acceptors (Lipinski definition) is 8. The van der Waals surface area contributed by atoms with E-state index in [1.807, 2.05) is 6.07 Å². The van der Waals surface area contributed by atoms with Crippen molar-refractivity contribution in [3.05, 3.63) is 65.7 Å². The molecule has 1 unspecified atom stereocenters. The van der Waals surface area contributed by atoms with Gasteiger partial charge in [-0.1, -0.05) is 12.1 Å². The van der Waals surface area contributed by atoms with Crippen LogP contribution in [0.1, 0.15) is 37.3 Å². The highest BCUT2D eigenvalue weighted by Crippen LogP contribution is 2.36. The van der Waals surface area contributed by atoms with E-state index in [4.69, 9.17) is 4.74 Å². The maximum atomic E-state index is 15.8. The third kappa shape index (κ3) is 8.42. The Bertz CT molecular complexity index is 1530. The van der Waals surface area contributed by atoms with Gasteiger partial charge in [-0.15, -0.1) is 0 Å². The van der Waals surface area contributed by atoms with Crippen LogP contribution in [-0.2, 0) is 24.5 Å². The van der Waals surface area contributed by atoms with Crippen LogP contribution < -0.4 is 15.4 Å². The minimum atomic E-state index is -4.19. The Morgan fingerprint density at radius 3 is 2.12 bits per heavy atom. The first-order chi connectivity index (χ1) is 19.6. The molecule has 4 rings (SSSR count). The molecule has 1 saturated carbocycles. The number of amides is 1. The van der Waals surface area contributed by atoms with Crippen LogP contribution in [-0.4, -0.2) is 63.4 Å². The van der Waals surface area contributed by atoms with Gasteiger partial charge in [0, 0.05) is 0 Å². The molecule has 1 aliphatic carbocycles. The number of carbonyl (C=O) groups excluding carboxylic acids is 1. The number of ether oxygens (including phenoxy) is 1. The molecule has 1 saturated heterocycles. The van der Waals surface area contributed by atoms with Crippen LogP contribution in [0.25, 0.3) is 0 Å². The van der Waals surface area contributed by atoms with Gasteiger partial charge in [0.15, 0.2) is 19.7 Å². The fourth-order valence-corrected chi connectivity index (χ4v) is 8.07. The van der Waals surface area contributed by atoms with Crippen molar-refractivity contribution in [2.75, 3.05) is 23.0 Å². The molecule has 9 nitrogen and oxygen atoms in total. The first-order valence-corrected chi connectivity index (χ1v) is 16.7. The second kappa shape index (κ2) is 12.2. The van der Waals surface area contributed by atoms with Crippen LogP contribution in [0.3, 0.4) is 0 Å². The average Bonchev–Trinajstić information content (AvgIpc) is 3.73. The zero-order valence-corrected chi connectivity index (χ0v) is 23.9. The summed E-state index contributed by atoms with van der Waals surface area (Å²) in [4.78, 5) is 13.5. The lowest BCUT2D eigenvalue weighted by Gasteiger charge is -2.35. The summed E-state index contributed by atoms with van der Waals surface area (Å²) in [5, 5.41) is 14.6. The highest BCUT2D eigenvalue weighted by atomic mass is 32.2. The van der Waals surface area contributed by atoms with Crippen LogP contribution in [0.4, 0.5) is 17.6 Å². The lowest BCUT2D eigenvalue weighted by Crippen LogP contribution is -2.60. The van der Waals surface area contributed by atoms with Gasteiger partial charge < -0.3 is 10.1 Å². The first kappa shape index (κ1) is 31.7. The molecule has 1 heterocycles. The van der Waals surface area contributed by atoms with E-state index in [-0.39, 0.29) is 30.1 Å². The van der Waals surface area contributed by atoms with E-state index in [1.165, 1.54) is 0 Å². The van der Waals surface area contributed by atoms with E-state index in [1.54, 1.807) is 0 Å². The Balaban J connectivity index is 1.67. The van der Waals surface area contributed by atoms with Crippen LogP contribution in [0, 0.1) is 28.9 Å². The lowest BCUT2D eigenvalue weighted by atomic mass is 9.93. The molecule has 0 bridgehead atoms. The molecule has 1 aliphatic heterocycles. The molecule has 2 N–H and O–H groups in total. The van der Waals surface area contributed by atoms with Gasteiger partial charge in [0.1, 0.15) is 35.0 Å². The number of hydrogen-bond donors (Lipinski definition) is 2. The number of alkyl halides is 2. The molecular weight excluding hydrogens is 602 g/mol. The van der Waals surface area contributed by atoms with E-state index in [0.717, 1.165) is 48.5 Å². The standard InChI is InChI=1S/C27H29F4N3O6S2/c28-20-5-3-19(4-6-20)24(27(30,31)40-22-9-7-21(29)8-10-22)33-23(16-42(38,39)15-18-1-2-18)25(35)34-26(17-32)11-13-41(36,37)14-12-26/h3-10,18,23-24,33H,1-2,11-16H2,(H,34,35)/t23?,24-/m1/s1. The number of nitriles is 1. The Kier molecular flexibility index (Phi) is 9.19. The minimum absolute atomic E-state index is 0.121. The molecule has 0 radical (unpaired) electrons. The summed E-state index contributed by atoms with van der Waals surface area (Å²) in [7, 11) is -7.43. The number of nitrogens with one attached hydrogen (secondary N) is 2. The van der Waals surface area contributed by atoms with Crippen LogP contribution >= 0.6 is 0 Å². The molecule has 42 heavy (non-hydrogen) atoms. The summed E-state index contributed by atoms with van der Waals surface area (Å²) < 4.78 is 113. The van der Waals surface area contributed by atoms with Crippen molar-refractivity contribution in [3.8, 4) is 11.8 Å². The maximum Gasteiger partial charge on any atom is 0.417 e. The molecule has 2 aromatic rings. The van der Waals surface area contributed by atoms with Crippen molar-refractivity contribution in [2.24, 2.45) is 5.92 Å². The molecule has 2 fully saturated rings. The number of carbonyl (C=O) groups is 1. The Morgan fingerprint density at radius 2 is 1.60 bits per heavy atom.